The Balaban J connectivity index is 2.63. The van der Waals surface area contributed by atoms with E-state index < -0.39 is 6.10 Å². The Morgan fingerprint density at radius 3 is 2.69 bits per heavy atom. The van der Waals surface area contributed by atoms with E-state index in [0.717, 1.165) is 12.2 Å². The minimum absolute atomic E-state index is 0.253. The first kappa shape index (κ1) is 13.3. The molecule has 1 unspecified atom stereocenters. The van der Waals surface area contributed by atoms with Crippen molar-refractivity contribution in [3.63, 3.8) is 0 Å². The molecular weight excluding hydrogens is 224 g/mol. The fourth-order valence-electron chi connectivity index (χ4n) is 1.45. The van der Waals surface area contributed by atoms with Crippen molar-refractivity contribution in [2.75, 3.05) is 31.8 Å². The van der Waals surface area contributed by atoms with Crippen molar-refractivity contribution in [1.82, 2.24) is 4.90 Å². The topological polar surface area (TPSA) is 35.5 Å². The molecule has 90 valence electrons. The van der Waals surface area contributed by atoms with Crippen LogP contribution >= 0.6 is 11.6 Å². The van der Waals surface area contributed by atoms with Gasteiger partial charge in [0.05, 0.1) is 12.0 Å². The predicted molar refractivity (Wildman–Crippen MR) is 69.0 cm³/mol. The van der Waals surface area contributed by atoms with Gasteiger partial charge < -0.3 is 15.3 Å². The highest BCUT2D eigenvalue weighted by atomic mass is 35.5. The zero-order valence-corrected chi connectivity index (χ0v) is 10.5. The maximum atomic E-state index is 9.39. The van der Waals surface area contributed by atoms with Gasteiger partial charge in [0, 0.05) is 18.8 Å². The molecule has 0 fully saturated rings. The lowest BCUT2D eigenvalue weighted by Gasteiger charge is -2.16. The van der Waals surface area contributed by atoms with E-state index >= 15 is 0 Å². The molecule has 0 amide bonds. The van der Waals surface area contributed by atoms with Crippen LogP contribution in [0.3, 0.4) is 0 Å². The molecule has 4 heteroatoms. The van der Waals surface area contributed by atoms with Crippen molar-refractivity contribution >= 4 is 17.3 Å². The van der Waals surface area contributed by atoms with E-state index in [2.05, 4.69) is 16.3 Å². The van der Waals surface area contributed by atoms with Crippen molar-refractivity contribution in [1.29, 1.82) is 0 Å². The SMILES string of the molecule is CN(C)Cc1ccccc1NCC(O)CCl. The van der Waals surface area contributed by atoms with Gasteiger partial charge in [-0.05, 0) is 25.7 Å². The molecule has 3 nitrogen and oxygen atoms in total. The van der Waals surface area contributed by atoms with Crippen LogP contribution in [0.1, 0.15) is 5.56 Å². The first-order valence-corrected chi connectivity index (χ1v) is 5.87. The van der Waals surface area contributed by atoms with Gasteiger partial charge in [0.15, 0.2) is 0 Å². The van der Waals surface area contributed by atoms with Crippen LogP contribution in [-0.2, 0) is 6.54 Å². The fraction of sp³-hybridized carbons (Fsp3) is 0.500. The maximum Gasteiger partial charge on any atom is 0.0847 e. The van der Waals surface area contributed by atoms with Gasteiger partial charge in [0.2, 0.25) is 0 Å². The summed E-state index contributed by atoms with van der Waals surface area (Å²) in [6, 6.07) is 8.09. The maximum absolute atomic E-state index is 9.39. The zero-order chi connectivity index (χ0) is 12.0. The second-order valence-electron chi connectivity index (χ2n) is 4.08. The summed E-state index contributed by atoms with van der Waals surface area (Å²) >= 11 is 5.54. The summed E-state index contributed by atoms with van der Waals surface area (Å²) in [5, 5.41) is 12.6. The lowest BCUT2D eigenvalue weighted by molar-refractivity contribution is 0.211. The van der Waals surface area contributed by atoms with Gasteiger partial charge in [0.1, 0.15) is 0 Å². The molecule has 0 aromatic heterocycles. The second-order valence-corrected chi connectivity index (χ2v) is 4.39. The van der Waals surface area contributed by atoms with Gasteiger partial charge in [-0.15, -0.1) is 11.6 Å². The number of rotatable bonds is 6. The summed E-state index contributed by atoms with van der Waals surface area (Å²) in [5.41, 5.74) is 2.27. The number of benzene rings is 1. The van der Waals surface area contributed by atoms with E-state index in [4.69, 9.17) is 11.6 Å². The van der Waals surface area contributed by atoms with Crippen LogP contribution < -0.4 is 5.32 Å². The van der Waals surface area contributed by atoms with E-state index in [1.807, 2.05) is 32.3 Å². The molecule has 0 saturated carbocycles. The molecule has 0 aliphatic rings. The van der Waals surface area contributed by atoms with Crippen LogP contribution in [0.25, 0.3) is 0 Å². The van der Waals surface area contributed by atoms with Gasteiger partial charge in [-0.3, -0.25) is 0 Å². The van der Waals surface area contributed by atoms with Crippen LogP contribution in [0.5, 0.6) is 0 Å². The van der Waals surface area contributed by atoms with Gasteiger partial charge in [0.25, 0.3) is 0 Å². The van der Waals surface area contributed by atoms with Gasteiger partial charge in [-0.25, -0.2) is 0 Å². The Labute approximate surface area is 102 Å². The number of nitrogens with zero attached hydrogens (tertiary/aromatic N) is 1. The van der Waals surface area contributed by atoms with E-state index in [1.54, 1.807) is 0 Å². The third kappa shape index (κ3) is 4.39. The normalized spacial score (nSPS) is 12.8. The van der Waals surface area contributed by atoms with E-state index in [9.17, 15) is 5.11 Å². The lowest BCUT2D eigenvalue weighted by atomic mass is 10.1. The van der Waals surface area contributed by atoms with Gasteiger partial charge in [-0.2, -0.15) is 0 Å². The summed E-state index contributed by atoms with van der Waals surface area (Å²) in [7, 11) is 4.06. The average Bonchev–Trinajstić information content (AvgIpc) is 2.26. The quantitative estimate of drug-likeness (QED) is 0.747. The van der Waals surface area contributed by atoms with Gasteiger partial charge >= 0.3 is 0 Å². The van der Waals surface area contributed by atoms with Crippen molar-refractivity contribution in [2.45, 2.75) is 12.6 Å². The van der Waals surface area contributed by atoms with Crippen molar-refractivity contribution in [2.24, 2.45) is 0 Å². The first-order chi connectivity index (χ1) is 7.63. The van der Waals surface area contributed by atoms with Crippen molar-refractivity contribution in [3.8, 4) is 0 Å². The summed E-state index contributed by atoms with van der Waals surface area (Å²) in [5.74, 6) is 0.253. The summed E-state index contributed by atoms with van der Waals surface area (Å²) in [6.45, 7) is 1.36. The van der Waals surface area contributed by atoms with Crippen LogP contribution in [0.4, 0.5) is 5.69 Å². The van der Waals surface area contributed by atoms with Crippen molar-refractivity contribution < 1.29 is 5.11 Å². The monoisotopic (exact) mass is 242 g/mol. The summed E-state index contributed by atoms with van der Waals surface area (Å²) in [6.07, 6.45) is -0.505. The number of aliphatic hydroxyl groups is 1. The summed E-state index contributed by atoms with van der Waals surface area (Å²) in [4.78, 5) is 2.11. The standard InChI is InChI=1S/C12H19ClN2O/c1-15(2)9-10-5-3-4-6-12(10)14-8-11(16)7-13/h3-6,11,14,16H,7-9H2,1-2H3. The number of halogens is 1. The third-order valence-electron chi connectivity index (χ3n) is 2.21. The number of anilines is 1. The summed E-state index contributed by atoms with van der Waals surface area (Å²) < 4.78 is 0. The van der Waals surface area contributed by atoms with Crippen LogP contribution in [-0.4, -0.2) is 42.6 Å². The second kappa shape index (κ2) is 6.74. The minimum atomic E-state index is -0.505. The Hall–Kier alpha value is -0.770. The molecule has 0 aliphatic heterocycles. The molecule has 1 aromatic rings. The third-order valence-corrected chi connectivity index (χ3v) is 2.57. The highest BCUT2D eigenvalue weighted by molar-refractivity contribution is 6.18. The highest BCUT2D eigenvalue weighted by Crippen LogP contribution is 2.16. The average molecular weight is 243 g/mol. The lowest BCUT2D eigenvalue weighted by Crippen LogP contribution is -2.22. The number of nitrogens with one attached hydrogen (secondary N) is 1. The molecule has 1 aromatic carbocycles. The Kier molecular flexibility index (Phi) is 5.60. The molecule has 16 heavy (non-hydrogen) atoms. The number of para-hydroxylation sites is 1. The van der Waals surface area contributed by atoms with Crippen molar-refractivity contribution in [3.05, 3.63) is 29.8 Å². The molecule has 1 rings (SSSR count). The smallest absolute Gasteiger partial charge is 0.0847 e. The molecule has 0 saturated heterocycles. The van der Waals surface area contributed by atoms with E-state index in [1.165, 1.54) is 5.56 Å². The molecule has 2 N–H and O–H groups in total. The van der Waals surface area contributed by atoms with E-state index in [0.29, 0.717) is 6.54 Å². The molecule has 0 spiro atoms. The first-order valence-electron chi connectivity index (χ1n) is 5.34. The minimum Gasteiger partial charge on any atom is -0.390 e. The van der Waals surface area contributed by atoms with E-state index in [-0.39, 0.29) is 5.88 Å². The molecule has 0 bridgehead atoms. The molecule has 0 aliphatic carbocycles. The number of aliphatic hydroxyl groups excluding tert-OH is 1. The molecule has 1 atom stereocenters. The van der Waals surface area contributed by atoms with Gasteiger partial charge in [-0.1, -0.05) is 18.2 Å². The fourth-order valence-corrected chi connectivity index (χ4v) is 1.56. The largest absolute Gasteiger partial charge is 0.390 e. The number of hydrogen-bond donors (Lipinski definition) is 2. The zero-order valence-electron chi connectivity index (χ0n) is 9.78. The van der Waals surface area contributed by atoms with Crippen LogP contribution in [0, 0.1) is 0 Å². The van der Waals surface area contributed by atoms with Crippen LogP contribution in [0.2, 0.25) is 0 Å². The van der Waals surface area contributed by atoms with Crippen LogP contribution in [0.15, 0.2) is 24.3 Å². The predicted octanol–water partition coefficient (Wildman–Crippen LogP) is 1.76. The highest BCUT2D eigenvalue weighted by Gasteiger charge is 2.05. The molecule has 0 heterocycles. The molecular formula is C12H19ClN2O. The number of hydrogen-bond acceptors (Lipinski definition) is 3. The Morgan fingerprint density at radius 1 is 1.38 bits per heavy atom. The number of alkyl halides is 1. The Morgan fingerprint density at radius 2 is 2.06 bits per heavy atom. The molecule has 0 radical (unpaired) electrons. The Bertz CT molecular complexity index is 318.